The van der Waals surface area contributed by atoms with E-state index in [1.165, 1.54) is 5.56 Å². The van der Waals surface area contributed by atoms with Crippen LogP contribution in [-0.4, -0.2) is 17.1 Å². The lowest BCUT2D eigenvalue weighted by Gasteiger charge is -2.15. The van der Waals surface area contributed by atoms with E-state index in [4.69, 9.17) is 4.74 Å². The van der Waals surface area contributed by atoms with Crippen LogP contribution < -0.4 is 4.74 Å². The average Bonchev–Trinajstić information content (AvgIpc) is 2.37. The van der Waals surface area contributed by atoms with Crippen LogP contribution in [0, 0.1) is 6.92 Å². The molecule has 1 unspecified atom stereocenters. The number of methoxy groups -OCH3 is 1. The molecule has 3 heteroatoms. The normalized spacial score (nSPS) is 12.7. The third-order valence-corrected chi connectivity index (χ3v) is 3.33. The highest BCUT2D eigenvalue weighted by molar-refractivity contribution is 5.83. The quantitative estimate of drug-likeness (QED) is 0.810. The first-order valence-electron chi connectivity index (χ1n) is 5.96. The zero-order chi connectivity index (χ0) is 12.4. The summed E-state index contributed by atoms with van der Waals surface area (Å²) in [6.45, 7) is 6.38. The fourth-order valence-electron chi connectivity index (χ4n) is 2.01. The summed E-state index contributed by atoms with van der Waals surface area (Å²) in [6, 6.07) is 4.17. The summed E-state index contributed by atoms with van der Waals surface area (Å²) >= 11 is 0. The van der Waals surface area contributed by atoms with Crippen LogP contribution in [0.4, 0.5) is 0 Å². The van der Waals surface area contributed by atoms with Crippen molar-refractivity contribution in [2.45, 2.75) is 33.1 Å². The molecule has 0 amide bonds. The molecule has 1 heterocycles. The van der Waals surface area contributed by atoms with Crippen molar-refractivity contribution in [3.63, 3.8) is 0 Å². The van der Waals surface area contributed by atoms with Gasteiger partial charge in [0.2, 0.25) is 0 Å². The average molecular weight is 230 g/mol. The van der Waals surface area contributed by atoms with Gasteiger partial charge in [0.05, 0.1) is 12.6 Å². The number of benzene rings is 1. The van der Waals surface area contributed by atoms with Crippen molar-refractivity contribution < 1.29 is 4.74 Å². The first-order chi connectivity index (χ1) is 8.17. The van der Waals surface area contributed by atoms with Crippen molar-refractivity contribution in [3.8, 4) is 5.75 Å². The van der Waals surface area contributed by atoms with Crippen LogP contribution in [0.5, 0.6) is 5.75 Å². The highest BCUT2D eigenvalue weighted by Gasteiger charge is 2.12. The van der Waals surface area contributed by atoms with E-state index in [1.54, 1.807) is 13.4 Å². The SMILES string of the molecule is CCC(C)c1cc2ncnc(C)c2cc1OC. The minimum Gasteiger partial charge on any atom is -0.496 e. The summed E-state index contributed by atoms with van der Waals surface area (Å²) in [6.07, 6.45) is 2.70. The molecule has 2 rings (SSSR count). The van der Waals surface area contributed by atoms with Gasteiger partial charge in [0.25, 0.3) is 0 Å². The summed E-state index contributed by atoms with van der Waals surface area (Å²) in [7, 11) is 1.71. The van der Waals surface area contributed by atoms with Crippen LogP contribution in [0.1, 0.15) is 37.4 Å². The van der Waals surface area contributed by atoms with E-state index in [2.05, 4.69) is 29.9 Å². The molecule has 0 fully saturated rings. The minimum atomic E-state index is 0.477. The molecule has 0 aliphatic carbocycles. The number of rotatable bonds is 3. The molecule has 3 nitrogen and oxygen atoms in total. The lowest BCUT2D eigenvalue weighted by molar-refractivity contribution is 0.406. The van der Waals surface area contributed by atoms with Crippen LogP contribution >= 0.6 is 0 Å². The van der Waals surface area contributed by atoms with E-state index in [1.807, 2.05) is 13.0 Å². The van der Waals surface area contributed by atoms with Crippen LogP contribution in [-0.2, 0) is 0 Å². The van der Waals surface area contributed by atoms with Gasteiger partial charge in [-0.1, -0.05) is 13.8 Å². The maximum atomic E-state index is 5.48. The summed E-state index contributed by atoms with van der Waals surface area (Å²) < 4.78 is 5.48. The molecule has 0 N–H and O–H groups in total. The van der Waals surface area contributed by atoms with Crippen molar-refractivity contribution in [1.29, 1.82) is 0 Å². The van der Waals surface area contributed by atoms with Gasteiger partial charge >= 0.3 is 0 Å². The van der Waals surface area contributed by atoms with E-state index in [0.29, 0.717) is 5.92 Å². The third kappa shape index (κ3) is 2.09. The van der Waals surface area contributed by atoms with E-state index >= 15 is 0 Å². The molecule has 2 aromatic rings. The van der Waals surface area contributed by atoms with Crippen LogP contribution in [0.15, 0.2) is 18.5 Å². The predicted octanol–water partition coefficient (Wildman–Crippen LogP) is 3.46. The summed E-state index contributed by atoms with van der Waals surface area (Å²) in [5, 5.41) is 1.07. The first kappa shape index (κ1) is 11.8. The standard InChI is InChI=1S/C14H18N2O/c1-5-9(2)11-6-13-12(7-14(11)17-4)10(3)15-8-16-13/h6-9H,5H2,1-4H3. The molecule has 0 radical (unpaired) electrons. The topological polar surface area (TPSA) is 35.0 Å². The van der Waals surface area contributed by atoms with Crippen molar-refractivity contribution in [2.75, 3.05) is 7.11 Å². The molecular weight excluding hydrogens is 212 g/mol. The Morgan fingerprint density at radius 1 is 1.29 bits per heavy atom. The van der Waals surface area contributed by atoms with Crippen LogP contribution in [0.25, 0.3) is 10.9 Å². The largest absolute Gasteiger partial charge is 0.496 e. The van der Waals surface area contributed by atoms with Gasteiger partial charge < -0.3 is 4.74 Å². The molecular formula is C14H18N2O. The van der Waals surface area contributed by atoms with E-state index in [-0.39, 0.29) is 0 Å². The Kier molecular flexibility index (Phi) is 3.27. The summed E-state index contributed by atoms with van der Waals surface area (Å²) in [5.74, 6) is 1.41. The molecule has 0 spiro atoms. The van der Waals surface area contributed by atoms with Gasteiger partial charge in [-0.05, 0) is 37.0 Å². The number of nitrogens with zero attached hydrogens (tertiary/aromatic N) is 2. The number of aryl methyl sites for hydroxylation is 1. The molecule has 1 aromatic heterocycles. The lowest BCUT2D eigenvalue weighted by atomic mass is 9.96. The van der Waals surface area contributed by atoms with E-state index in [0.717, 1.165) is 28.8 Å². The van der Waals surface area contributed by atoms with Crippen molar-refractivity contribution in [1.82, 2.24) is 9.97 Å². The summed E-state index contributed by atoms with van der Waals surface area (Å²) in [4.78, 5) is 8.54. The van der Waals surface area contributed by atoms with Crippen molar-refractivity contribution >= 4 is 10.9 Å². The molecule has 0 saturated heterocycles. The molecule has 0 aliphatic heterocycles. The molecule has 0 saturated carbocycles. The third-order valence-electron chi connectivity index (χ3n) is 3.33. The van der Waals surface area contributed by atoms with Gasteiger partial charge in [0.1, 0.15) is 12.1 Å². The fourth-order valence-corrected chi connectivity index (χ4v) is 2.01. The zero-order valence-corrected chi connectivity index (χ0v) is 10.8. The van der Waals surface area contributed by atoms with Gasteiger partial charge in [-0.25, -0.2) is 9.97 Å². The molecule has 0 aliphatic rings. The maximum absolute atomic E-state index is 5.48. The van der Waals surface area contributed by atoms with Gasteiger partial charge in [0.15, 0.2) is 0 Å². The Labute approximate surface area is 102 Å². The maximum Gasteiger partial charge on any atom is 0.123 e. The number of aromatic nitrogens is 2. The lowest BCUT2D eigenvalue weighted by Crippen LogP contribution is -1.98. The summed E-state index contributed by atoms with van der Waals surface area (Å²) in [5.41, 5.74) is 3.21. The Hall–Kier alpha value is -1.64. The smallest absolute Gasteiger partial charge is 0.123 e. The molecule has 90 valence electrons. The number of hydrogen-bond donors (Lipinski definition) is 0. The number of fused-ring (bicyclic) bond motifs is 1. The Bertz CT molecular complexity index is 537. The predicted molar refractivity (Wildman–Crippen MR) is 69.5 cm³/mol. The van der Waals surface area contributed by atoms with Crippen molar-refractivity contribution in [2.24, 2.45) is 0 Å². The molecule has 1 aromatic carbocycles. The fraction of sp³-hybridized carbons (Fsp3) is 0.429. The molecule has 1 atom stereocenters. The van der Waals surface area contributed by atoms with Crippen LogP contribution in [0.2, 0.25) is 0 Å². The van der Waals surface area contributed by atoms with Crippen molar-refractivity contribution in [3.05, 3.63) is 29.7 Å². The monoisotopic (exact) mass is 230 g/mol. The van der Waals surface area contributed by atoms with Gasteiger partial charge in [-0.2, -0.15) is 0 Å². The van der Waals surface area contributed by atoms with Crippen LogP contribution in [0.3, 0.4) is 0 Å². The van der Waals surface area contributed by atoms with E-state index < -0.39 is 0 Å². The second-order valence-electron chi connectivity index (χ2n) is 4.38. The molecule has 17 heavy (non-hydrogen) atoms. The van der Waals surface area contributed by atoms with E-state index in [9.17, 15) is 0 Å². The second-order valence-corrected chi connectivity index (χ2v) is 4.38. The highest BCUT2D eigenvalue weighted by atomic mass is 16.5. The first-order valence-corrected chi connectivity index (χ1v) is 5.96. The Balaban J connectivity index is 2.69. The van der Waals surface area contributed by atoms with Gasteiger partial charge in [0, 0.05) is 11.1 Å². The molecule has 0 bridgehead atoms. The Morgan fingerprint density at radius 2 is 2.06 bits per heavy atom. The van der Waals surface area contributed by atoms with Gasteiger partial charge in [-0.15, -0.1) is 0 Å². The number of hydrogen-bond acceptors (Lipinski definition) is 3. The second kappa shape index (κ2) is 4.70. The Morgan fingerprint density at radius 3 is 2.71 bits per heavy atom. The number of ether oxygens (including phenoxy) is 1. The highest BCUT2D eigenvalue weighted by Crippen LogP contribution is 2.32. The minimum absolute atomic E-state index is 0.477. The van der Waals surface area contributed by atoms with Gasteiger partial charge in [-0.3, -0.25) is 0 Å². The zero-order valence-electron chi connectivity index (χ0n) is 10.8.